The molecule has 29 heavy (non-hydrogen) atoms. The highest BCUT2D eigenvalue weighted by Gasteiger charge is 2.39. The summed E-state index contributed by atoms with van der Waals surface area (Å²) >= 11 is 0. The number of nitrogens with one attached hydrogen (secondary N) is 2. The molecule has 0 aromatic carbocycles. The smallest absolute Gasteiger partial charge is 0.222 e. The Morgan fingerprint density at radius 2 is 2.24 bits per heavy atom. The SMILES string of the molecule is CCc1nncn1CCNC(=NCCCN1CCCC1=O)NC1CC2CCC1C2. The van der Waals surface area contributed by atoms with Crippen LogP contribution in [-0.2, 0) is 17.8 Å². The highest BCUT2D eigenvalue weighted by atomic mass is 16.2. The first kappa shape index (κ1) is 20.2. The molecule has 4 rings (SSSR count). The molecule has 2 N–H and O–H groups in total. The van der Waals surface area contributed by atoms with Gasteiger partial charge in [-0.2, -0.15) is 0 Å². The number of carbonyl (C=O) groups is 1. The Bertz CT molecular complexity index is 716. The number of guanidine groups is 1. The van der Waals surface area contributed by atoms with Crippen LogP contribution in [0.15, 0.2) is 11.3 Å². The van der Waals surface area contributed by atoms with Gasteiger partial charge in [-0.1, -0.05) is 13.3 Å². The van der Waals surface area contributed by atoms with E-state index in [0.717, 1.165) is 75.6 Å². The normalized spacial score (nSPS) is 26.5. The molecule has 160 valence electrons. The van der Waals surface area contributed by atoms with E-state index in [4.69, 9.17) is 4.99 Å². The van der Waals surface area contributed by atoms with Gasteiger partial charge in [-0.25, -0.2) is 0 Å². The first-order chi connectivity index (χ1) is 14.2. The van der Waals surface area contributed by atoms with Crippen LogP contribution in [0.4, 0.5) is 0 Å². The van der Waals surface area contributed by atoms with Gasteiger partial charge in [-0.05, 0) is 43.9 Å². The topological polar surface area (TPSA) is 87.4 Å². The highest BCUT2D eigenvalue weighted by Crippen LogP contribution is 2.44. The Labute approximate surface area is 173 Å². The van der Waals surface area contributed by atoms with Crippen LogP contribution >= 0.6 is 0 Å². The number of rotatable bonds is 9. The largest absolute Gasteiger partial charge is 0.355 e. The maximum atomic E-state index is 11.8. The summed E-state index contributed by atoms with van der Waals surface area (Å²) in [5.74, 6) is 3.94. The first-order valence-electron chi connectivity index (χ1n) is 11.4. The van der Waals surface area contributed by atoms with Gasteiger partial charge in [0.2, 0.25) is 5.91 Å². The van der Waals surface area contributed by atoms with Crippen LogP contribution in [0.1, 0.15) is 57.7 Å². The summed E-state index contributed by atoms with van der Waals surface area (Å²) in [7, 11) is 0. The second-order valence-electron chi connectivity index (χ2n) is 8.71. The van der Waals surface area contributed by atoms with E-state index in [-0.39, 0.29) is 0 Å². The molecule has 8 heteroatoms. The fourth-order valence-electron chi connectivity index (χ4n) is 5.18. The van der Waals surface area contributed by atoms with Crippen molar-refractivity contribution >= 4 is 11.9 Å². The van der Waals surface area contributed by atoms with Crippen LogP contribution in [0.25, 0.3) is 0 Å². The molecule has 3 aliphatic rings. The zero-order chi connectivity index (χ0) is 20.1. The summed E-state index contributed by atoms with van der Waals surface area (Å²) in [5, 5.41) is 15.4. The molecule has 2 bridgehead atoms. The van der Waals surface area contributed by atoms with Gasteiger partial charge in [0.05, 0.1) is 0 Å². The molecular weight excluding hydrogens is 366 g/mol. The zero-order valence-corrected chi connectivity index (χ0v) is 17.6. The Kier molecular flexibility index (Phi) is 6.67. The lowest BCUT2D eigenvalue weighted by molar-refractivity contribution is -0.127. The molecule has 1 saturated heterocycles. The van der Waals surface area contributed by atoms with Gasteiger partial charge in [0.25, 0.3) is 0 Å². The molecular formula is C21H35N7O. The lowest BCUT2D eigenvalue weighted by Gasteiger charge is -2.25. The highest BCUT2D eigenvalue weighted by molar-refractivity contribution is 5.80. The number of likely N-dealkylation sites (tertiary alicyclic amines) is 1. The van der Waals surface area contributed by atoms with Gasteiger partial charge in [-0.15, -0.1) is 10.2 Å². The van der Waals surface area contributed by atoms with Crippen molar-refractivity contribution in [1.29, 1.82) is 0 Å². The van der Waals surface area contributed by atoms with E-state index in [2.05, 4.69) is 32.3 Å². The van der Waals surface area contributed by atoms with Crippen molar-refractivity contribution in [3.63, 3.8) is 0 Å². The molecule has 3 unspecified atom stereocenters. The van der Waals surface area contributed by atoms with Gasteiger partial charge in [0.15, 0.2) is 5.96 Å². The Morgan fingerprint density at radius 1 is 1.31 bits per heavy atom. The third-order valence-electron chi connectivity index (χ3n) is 6.74. The number of fused-ring (bicyclic) bond motifs is 2. The summed E-state index contributed by atoms with van der Waals surface area (Å²) in [6.07, 6.45) is 10.7. The molecule has 0 spiro atoms. The third-order valence-corrected chi connectivity index (χ3v) is 6.74. The maximum Gasteiger partial charge on any atom is 0.222 e. The summed E-state index contributed by atoms with van der Waals surface area (Å²) < 4.78 is 2.10. The van der Waals surface area contributed by atoms with Crippen LogP contribution < -0.4 is 10.6 Å². The predicted molar refractivity (Wildman–Crippen MR) is 113 cm³/mol. The van der Waals surface area contributed by atoms with Crippen LogP contribution in [0.5, 0.6) is 0 Å². The van der Waals surface area contributed by atoms with E-state index in [0.29, 0.717) is 18.4 Å². The summed E-state index contributed by atoms with van der Waals surface area (Å²) in [6.45, 7) is 6.20. The maximum absolute atomic E-state index is 11.8. The van der Waals surface area contributed by atoms with Gasteiger partial charge < -0.3 is 20.1 Å². The molecule has 1 aliphatic heterocycles. The minimum Gasteiger partial charge on any atom is -0.355 e. The van der Waals surface area contributed by atoms with Crippen molar-refractivity contribution in [2.75, 3.05) is 26.2 Å². The number of carbonyl (C=O) groups excluding carboxylic acids is 1. The average molecular weight is 402 g/mol. The van der Waals surface area contributed by atoms with E-state index in [9.17, 15) is 4.79 Å². The van der Waals surface area contributed by atoms with E-state index in [1.807, 2.05) is 4.90 Å². The molecule has 0 radical (unpaired) electrons. The summed E-state index contributed by atoms with van der Waals surface area (Å²) in [4.78, 5) is 18.6. The van der Waals surface area contributed by atoms with E-state index in [1.54, 1.807) is 6.33 Å². The van der Waals surface area contributed by atoms with E-state index < -0.39 is 0 Å². The lowest BCUT2D eigenvalue weighted by atomic mass is 9.95. The molecule has 3 fully saturated rings. The molecule has 1 aromatic rings. The van der Waals surface area contributed by atoms with Crippen molar-refractivity contribution < 1.29 is 4.79 Å². The van der Waals surface area contributed by atoms with Crippen molar-refractivity contribution in [2.24, 2.45) is 16.8 Å². The van der Waals surface area contributed by atoms with Crippen molar-refractivity contribution in [1.82, 2.24) is 30.3 Å². The molecule has 2 heterocycles. The Balaban J connectivity index is 1.28. The van der Waals surface area contributed by atoms with Crippen LogP contribution in [-0.4, -0.2) is 63.8 Å². The third kappa shape index (κ3) is 5.08. The molecule has 8 nitrogen and oxygen atoms in total. The van der Waals surface area contributed by atoms with Crippen molar-refractivity contribution in [3.8, 4) is 0 Å². The molecule has 1 aromatic heterocycles. The number of hydrogen-bond acceptors (Lipinski definition) is 4. The second-order valence-corrected chi connectivity index (χ2v) is 8.71. The molecule has 1 amide bonds. The number of aryl methyl sites for hydroxylation is 1. The summed E-state index contributed by atoms with van der Waals surface area (Å²) in [6, 6.07) is 0.557. The minimum absolute atomic E-state index is 0.299. The lowest BCUT2D eigenvalue weighted by Crippen LogP contribution is -2.46. The number of hydrogen-bond donors (Lipinski definition) is 2. The standard InChI is InChI=1S/C21H35N7O/c1-2-19-26-24-15-28(19)12-9-23-21(25-18-14-16-6-7-17(18)13-16)22-8-4-11-27-10-3-5-20(27)29/h15-18H,2-14H2,1H3,(H2,22,23,25). The van der Waals surface area contributed by atoms with Crippen LogP contribution in [0, 0.1) is 11.8 Å². The average Bonchev–Trinajstić information content (AvgIpc) is 3.50. The number of nitrogens with zero attached hydrogens (tertiary/aromatic N) is 5. The number of aliphatic imine (C=N–C) groups is 1. The van der Waals surface area contributed by atoms with Gasteiger partial charge in [0, 0.05) is 51.6 Å². The summed E-state index contributed by atoms with van der Waals surface area (Å²) in [5.41, 5.74) is 0. The Morgan fingerprint density at radius 3 is 2.97 bits per heavy atom. The molecule has 2 aliphatic carbocycles. The van der Waals surface area contributed by atoms with Gasteiger partial charge >= 0.3 is 0 Å². The molecule has 3 atom stereocenters. The second kappa shape index (κ2) is 9.59. The fourth-order valence-corrected chi connectivity index (χ4v) is 5.18. The minimum atomic E-state index is 0.299. The van der Waals surface area contributed by atoms with E-state index >= 15 is 0 Å². The van der Waals surface area contributed by atoms with Gasteiger partial charge in [0.1, 0.15) is 12.2 Å². The number of aromatic nitrogens is 3. The van der Waals surface area contributed by atoms with Crippen LogP contribution in [0.3, 0.4) is 0 Å². The van der Waals surface area contributed by atoms with Crippen LogP contribution in [0.2, 0.25) is 0 Å². The van der Waals surface area contributed by atoms with E-state index in [1.165, 1.54) is 25.7 Å². The molecule has 2 saturated carbocycles. The monoisotopic (exact) mass is 401 g/mol. The zero-order valence-electron chi connectivity index (χ0n) is 17.6. The fraction of sp³-hybridized carbons (Fsp3) is 0.810. The van der Waals surface area contributed by atoms with Crippen molar-refractivity contribution in [3.05, 3.63) is 12.2 Å². The first-order valence-corrected chi connectivity index (χ1v) is 11.4. The number of amides is 1. The quantitative estimate of drug-likeness (QED) is 0.373. The van der Waals surface area contributed by atoms with Crippen molar-refractivity contribution in [2.45, 2.75) is 70.9 Å². The van der Waals surface area contributed by atoms with Gasteiger partial charge in [-0.3, -0.25) is 9.79 Å². The predicted octanol–water partition coefficient (Wildman–Crippen LogP) is 1.58. The Hall–Kier alpha value is -2.12.